The number of hydrogen-bond donors (Lipinski definition) is 1. The average Bonchev–Trinajstić information content (AvgIpc) is 2.81. The monoisotopic (exact) mass is 171 g/mol. The van der Waals surface area contributed by atoms with Gasteiger partial charge < -0.3 is 10.5 Å². The maximum absolute atomic E-state index is 11.2. The Morgan fingerprint density at radius 3 is 2.25 bits per heavy atom. The molecule has 0 saturated heterocycles. The molecule has 0 radical (unpaired) electrons. The Kier molecular flexibility index (Phi) is 2.42. The van der Waals surface area contributed by atoms with Crippen molar-refractivity contribution in [1.29, 1.82) is 0 Å². The second kappa shape index (κ2) is 3.05. The number of nitrogens with two attached hydrogens (primary N) is 1. The van der Waals surface area contributed by atoms with Gasteiger partial charge in [-0.3, -0.25) is 4.79 Å². The van der Waals surface area contributed by atoms with E-state index in [2.05, 4.69) is 18.6 Å². The van der Waals surface area contributed by atoms with Crippen molar-refractivity contribution in [3.05, 3.63) is 0 Å². The van der Waals surface area contributed by atoms with Crippen LogP contribution in [-0.4, -0.2) is 19.1 Å². The zero-order valence-corrected chi connectivity index (χ0v) is 7.96. The second-order valence-corrected chi connectivity index (χ2v) is 3.89. The van der Waals surface area contributed by atoms with E-state index < -0.39 is 6.04 Å². The Morgan fingerprint density at radius 2 is 2.00 bits per heavy atom. The summed E-state index contributed by atoms with van der Waals surface area (Å²) < 4.78 is 4.62. The van der Waals surface area contributed by atoms with Crippen molar-refractivity contribution in [3.63, 3.8) is 0 Å². The fraction of sp³-hybridized carbons (Fsp3) is 0.889. The van der Waals surface area contributed by atoms with E-state index in [-0.39, 0.29) is 11.4 Å². The molecular formula is C9H17NO2. The number of esters is 1. The molecule has 0 amide bonds. The summed E-state index contributed by atoms with van der Waals surface area (Å²) in [6.45, 7) is 4.21. The quantitative estimate of drug-likeness (QED) is 0.642. The molecule has 3 heteroatoms. The molecule has 0 bridgehead atoms. The Hall–Kier alpha value is -0.570. The predicted octanol–water partition coefficient (Wildman–Crippen LogP) is 0.923. The fourth-order valence-corrected chi connectivity index (χ4v) is 1.75. The molecule has 1 aliphatic carbocycles. The maximum atomic E-state index is 11.2. The van der Waals surface area contributed by atoms with Crippen molar-refractivity contribution in [2.45, 2.75) is 32.7 Å². The van der Waals surface area contributed by atoms with Crippen LogP contribution in [0.5, 0.6) is 0 Å². The number of carbonyl (C=O) groups excluding carboxylic acids is 1. The normalized spacial score (nSPS) is 22.1. The first kappa shape index (κ1) is 9.52. The van der Waals surface area contributed by atoms with E-state index in [0.29, 0.717) is 5.92 Å². The van der Waals surface area contributed by atoms with Crippen molar-refractivity contribution in [1.82, 2.24) is 0 Å². The number of rotatable bonds is 3. The van der Waals surface area contributed by atoms with Gasteiger partial charge in [-0.25, -0.2) is 0 Å². The van der Waals surface area contributed by atoms with Crippen molar-refractivity contribution >= 4 is 5.97 Å². The van der Waals surface area contributed by atoms with Crippen LogP contribution in [0.1, 0.15) is 26.7 Å². The van der Waals surface area contributed by atoms with Gasteiger partial charge in [-0.15, -0.1) is 0 Å². The highest BCUT2D eigenvalue weighted by molar-refractivity contribution is 5.77. The summed E-state index contributed by atoms with van der Waals surface area (Å²) >= 11 is 0. The van der Waals surface area contributed by atoms with Gasteiger partial charge >= 0.3 is 5.97 Å². The molecular weight excluding hydrogens is 154 g/mol. The third kappa shape index (κ3) is 1.33. The summed E-state index contributed by atoms with van der Waals surface area (Å²) in [5.74, 6) is 0.188. The first-order chi connectivity index (χ1) is 5.54. The molecule has 1 fully saturated rings. The number of carbonyl (C=O) groups is 1. The van der Waals surface area contributed by atoms with E-state index in [0.717, 1.165) is 12.8 Å². The summed E-state index contributed by atoms with van der Waals surface area (Å²) in [6, 6.07) is -0.428. The van der Waals surface area contributed by atoms with E-state index in [1.807, 2.05) is 0 Å². The first-order valence-corrected chi connectivity index (χ1v) is 4.38. The number of methoxy groups -OCH3 is 1. The second-order valence-electron chi connectivity index (χ2n) is 3.89. The van der Waals surface area contributed by atoms with Crippen molar-refractivity contribution in [3.8, 4) is 0 Å². The van der Waals surface area contributed by atoms with Crippen LogP contribution in [-0.2, 0) is 9.53 Å². The lowest BCUT2D eigenvalue weighted by Gasteiger charge is -2.24. The van der Waals surface area contributed by atoms with Gasteiger partial charge in [-0.2, -0.15) is 0 Å². The van der Waals surface area contributed by atoms with E-state index in [4.69, 9.17) is 5.73 Å². The van der Waals surface area contributed by atoms with Gasteiger partial charge in [0.05, 0.1) is 7.11 Å². The van der Waals surface area contributed by atoms with E-state index >= 15 is 0 Å². The molecule has 1 rings (SSSR count). The van der Waals surface area contributed by atoms with Gasteiger partial charge in [0, 0.05) is 0 Å². The fourth-order valence-electron chi connectivity index (χ4n) is 1.75. The Balaban J connectivity index is 2.63. The van der Waals surface area contributed by atoms with Crippen LogP contribution in [0.3, 0.4) is 0 Å². The van der Waals surface area contributed by atoms with E-state index in [9.17, 15) is 4.79 Å². The summed E-state index contributed by atoms with van der Waals surface area (Å²) in [5.41, 5.74) is 5.83. The lowest BCUT2D eigenvalue weighted by molar-refractivity contribution is -0.144. The topological polar surface area (TPSA) is 52.3 Å². The minimum atomic E-state index is -0.428. The smallest absolute Gasteiger partial charge is 0.323 e. The van der Waals surface area contributed by atoms with Crippen LogP contribution in [0.2, 0.25) is 0 Å². The Bertz CT molecular complexity index is 185. The molecule has 0 aromatic heterocycles. The molecule has 3 nitrogen and oxygen atoms in total. The van der Waals surface area contributed by atoms with Gasteiger partial charge in [0.15, 0.2) is 0 Å². The lowest BCUT2D eigenvalue weighted by Crippen LogP contribution is -2.42. The molecule has 2 N–H and O–H groups in total. The molecule has 0 aromatic rings. The van der Waals surface area contributed by atoms with Crippen LogP contribution in [0.4, 0.5) is 0 Å². The van der Waals surface area contributed by atoms with Crippen LogP contribution in [0, 0.1) is 11.3 Å². The Morgan fingerprint density at radius 1 is 1.50 bits per heavy atom. The highest BCUT2D eigenvalue weighted by Gasteiger charge is 2.53. The standard InChI is InChI=1S/C9H17NO2/c1-6(2)9(4-5-9)7(10)8(11)12-3/h6-7H,4-5,10H2,1-3H3. The van der Waals surface area contributed by atoms with Crippen LogP contribution in [0.25, 0.3) is 0 Å². The summed E-state index contributed by atoms with van der Waals surface area (Å²) in [5, 5.41) is 0. The molecule has 12 heavy (non-hydrogen) atoms. The van der Waals surface area contributed by atoms with Gasteiger partial charge in [0.2, 0.25) is 0 Å². The van der Waals surface area contributed by atoms with Crippen LogP contribution in [0.15, 0.2) is 0 Å². The molecule has 1 atom stereocenters. The predicted molar refractivity (Wildman–Crippen MR) is 46.5 cm³/mol. The zero-order valence-electron chi connectivity index (χ0n) is 7.96. The maximum Gasteiger partial charge on any atom is 0.323 e. The first-order valence-electron chi connectivity index (χ1n) is 4.38. The van der Waals surface area contributed by atoms with Crippen molar-refractivity contribution < 1.29 is 9.53 Å². The van der Waals surface area contributed by atoms with Crippen LogP contribution >= 0.6 is 0 Å². The molecule has 0 heterocycles. The molecule has 70 valence electrons. The van der Waals surface area contributed by atoms with E-state index in [1.54, 1.807) is 0 Å². The van der Waals surface area contributed by atoms with Gasteiger partial charge in [-0.05, 0) is 24.2 Å². The highest BCUT2D eigenvalue weighted by Crippen LogP contribution is 2.54. The van der Waals surface area contributed by atoms with Crippen molar-refractivity contribution in [2.75, 3.05) is 7.11 Å². The molecule has 1 unspecified atom stereocenters. The van der Waals surface area contributed by atoms with E-state index in [1.165, 1.54) is 7.11 Å². The third-order valence-corrected chi connectivity index (χ3v) is 3.05. The molecule has 0 aromatic carbocycles. The Labute approximate surface area is 73.3 Å². The van der Waals surface area contributed by atoms with Gasteiger partial charge in [0.25, 0.3) is 0 Å². The minimum absolute atomic E-state index is 0.0348. The zero-order chi connectivity index (χ0) is 9.35. The molecule has 1 saturated carbocycles. The molecule has 0 spiro atoms. The van der Waals surface area contributed by atoms with Gasteiger partial charge in [-0.1, -0.05) is 13.8 Å². The summed E-state index contributed by atoms with van der Waals surface area (Å²) in [7, 11) is 1.39. The SMILES string of the molecule is COC(=O)C(N)C1(C(C)C)CC1. The van der Waals surface area contributed by atoms with Crippen LogP contribution < -0.4 is 5.73 Å². The largest absolute Gasteiger partial charge is 0.468 e. The van der Waals surface area contributed by atoms with Crippen molar-refractivity contribution in [2.24, 2.45) is 17.1 Å². The average molecular weight is 171 g/mol. The highest BCUT2D eigenvalue weighted by atomic mass is 16.5. The third-order valence-electron chi connectivity index (χ3n) is 3.05. The summed E-state index contributed by atoms with van der Waals surface area (Å²) in [6.07, 6.45) is 2.11. The summed E-state index contributed by atoms with van der Waals surface area (Å²) in [4.78, 5) is 11.2. The molecule has 1 aliphatic rings. The van der Waals surface area contributed by atoms with Gasteiger partial charge in [0.1, 0.15) is 6.04 Å². The lowest BCUT2D eigenvalue weighted by atomic mass is 9.85. The number of hydrogen-bond acceptors (Lipinski definition) is 3. The number of ether oxygens (including phenoxy) is 1. The minimum Gasteiger partial charge on any atom is -0.468 e. The molecule has 0 aliphatic heterocycles.